The fourth-order valence-corrected chi connectivity index (χ4v) is 1.47. The van der Waals surface area contributed by atoms with E-state index in [-0.39, 0.29) is 23.7 Å². The fraction of sp³-hybridized carbons (Fsp3) is 0.273. The minimum atomic E-state index is -1.26. The standard InChI is InChI=1S/C11H12ClFN2O4/c12-7-5-6(1-2-8(7)13)14-11(19)15-9(3-4-16)10(17)18/h1-2,5,9,16H,3-4H2,(H,17,18)(H2,14,15,19)/t9-/m0/s1. The second-order valence-corrected chi connectivity index (χ2v) is 4.04. The number of amides is 2. The van der Waals surface area contributed by atoms with E-state index < -0.39 is 23.9 Å². The van der Waals surface area contributed by atoms with E-state index in [1.165, 1.54) is 12.1 Å². The van der Waals surface area contributed by atoms with Gasteiger partial charge in [-0.25, -0.2) is 14.0 Å². The van der Waals surface area contributed by atoms with Gasteiger partial charge >= 0.3 is 12.0 Å². The molecule has 0 aliphatic heterocycles. The van der Waals surface area contributed by atoms with Gasteiger partial charge in [-0.05, 0) is 18.2 Å². The molecule has 0 spiro atoms. The summed E-state index contributed by atoms with van der Waals surface area (Å²) in [6.45, 7) is -0.375. The normalized spacial score (nSPS) is 11.7. The number of nitrogens with one attached hydrogen (secondary N) is 2. The summed E-state index contributed by atoms with van der Waals surface area (Å²) < 4.78 is 12.9. The molecule has 1 atom stereocenters. The first-order chi connectivity index (χ1) is 8.93. The van der Waals surface area contributed by atoms with Crippen LogP contribution in [0.25, 0.3) is 0 Å². The van der Waals surface area contributed by atoms with Crippen molar-refractivity contribution in [3.8, 4) is 0 Å². The predicted octanol–water partition coefficient (Wildman–Crippen LogP) is 1.44. The van der Waals surface area contributed by atoms with Gasteiger partial charge in [0, 0.05) is 18.7 Å². The van der Waals surface area contributed by atoms with Crippen molar-refractivity contribution in [2.24, 2.45) is 0 Å². The Morgan fingerprint density at radius 2 is 2.11 bits per heavy atom. The lowest BCUT2D eigenvalue weighted by atomic mass is 10.2. The summed E-state index contributed by atoms with van der Waals surface area (Å²) in [5.41, 5.74) is 0.219. The van der Waals surface area contributed by atoms with Gasteiger partial charge in [-0.3, -0.25) is 0 Å². The molecule has 0 aliphatic carbocycles. The first-order valence-electron chi connectivity index (χ1n) is 5.30. The van der Waals surface area contributed by atoms with Gasteiger partial charge in [0.25, 0.3) is 0 Å². The lowest BCUT2D eigenvalue weighted by Gasteiger charge is -2.14. The van der Waals surface area contributed by atoms with Crippen LogP contribution < -0.4 is 10.6 Å². The van der Waals surface area contributed by atoms with Crippen molar-refractivity contribution in [3.05, 3.63) is 29.0 Å². The zero-order valence-electron chi connectivity index (χ0n) is 9.69. The van der Waals surface area contributed by atoms with Crippen LogP contribution in [0.4, 0.5) is 14.9 Å². The molecule has 6 nitrogen and oxygen atoms in total. The van der Waals surface area contributed by atoms with Crippen molar-refractivity contribution in [2.45, 2.75) is 12.5 Å². The summed E-state index contributed by atoms with van der Waals surface area (Å²) in [4.78, 5) is 22.2. The molecule has 0 aromatic heterocycles. The molecular formula is C11H12ClFN2O4. The van der Waals surface area contributed by atoms with Gasteiger partial charge in [0.05, 0.1) is 5.02 Å². The van der Waals surface area contributed by atoms with Gasteiger partial charge in [-0.15, -0.1) is 0 Å². The second kappa shape index (κ2) is 6.91. The highest BCUT2D eigenvalue weighted by atomic mass is 35.5. The van der Waals surface area contributed by atoms with Crippen LogP contribution in [0.15, 0.2) is 18.2 Å². The Labute approximate surface area is 113 Å². The van der Waals surface area contributed by atoms with Crippen LogP contribution in [0.2, 0.25) is 5.02 Å². The lowest BCUT2D eigenvalue weighted by molar-refractivity contribution is -0.139. The predicted molar refractivity (Wildman–Crippen MR) is 66.7 cm³/mol. The largest absolute Gasteiger partial charge is 0.480 e. The first kappa shape index (κ1) is 15.2. The van der Waals surface area contributed by atoms with Gasteiger partial charge in [-0.1, -0.05) is 11.6 Å². The number of hydrogen-bond acceptors (Lipinski definition) is 3. The van der Waals surface area contributed by atoms with Crippen molar-refractivity contribution in [1.82, 2.24) is 5.32 Å². The molecule has 0 radical (unpaired) electrons. The number of aliphatic hydroxyl groups is 1. The Morgan fingerprint density at radius 1 is 1.42 bits per heavy atom. The fourth-order valence-electron chi connectivity index (χ4n) is 1.29. The van der Waals surface area contributed by atoms with Crippen LogP contribution in [-0.4, -0.2) is 34.9 Å². The highest BCUT2D eigenvalue weighted by molar-refractivity contribution is 6.31. The van der Waals surface area contributed by atoms with Gasteiger partial charge in [-0.2, -0.15) is 0 Å². The Balaban J connectivity index is 2.63. The van der Waals surface area contributed by atoms with Crippen LogP contribution in [0, 0.1) is 5.82 Å². The number of hydrogen-bond donors (Lipinski definition) is 4. The Bertz CT molecular complexity index is 484. The minimum Gasteiger partial charge on any atom is -0.480 e. The molecule has 8 heteroatoms. The summed E-state index contributed by atoms with van der Waals surface area (Å²) in [5, 5.41) is 21.7. The van der Waals surface area contributed by atoms with Crippen molar-refractivity contribution in [2.75, 3.05) is 11.9 Å². The molecule has 0 unspecified atom stereocenters. The first-order valence-corrected chi connectivity index (χ1v) is 5.68. The van der Waals surface area contributed by atoms with E-state index in [1.54, 1.807) is 0 Å². The molecule has 1 aromatic rings. The summed E-state index contributed by atoms with van der Waals surface area (Å²) in [6, 6.07) is 1.55. The highest BCUT2D eigenvalue weighted by Gasteiger charge is 2.19. The Hall–Kier alpha value is -1.86. The zero-order valence-corrected chi connectivity index (χ0v) is 10.4. The van der Waals surface area contributed by atoms with E-state index in [4.69, 9.17) is 21.8 Å². The minimum absolute atomic E-state index is 0.118. The Kier molecular flexibility index (Phi) is 5.53. The van der Waals surface area contributed by atoms with Crippen LogP contribution in [-0.2, 0) is 4.79 Å². The molecule has 4 N–H and O–H groups in total. The second-order valence-electron chi connectivity index (χ2n) is 3.63. The SMILES string of the molecule is O=C(Nc1ccc(F)c(Cl)c1)N[C@@H](CCO)C(=O)O. The van der Waals surface area contributed by atoms with Crippen molar-refractivity contribution < 1.29 is 24.2 Å². The molecule has 1 rings (SSSR count). The van der Waals surface area contributed by atoms with E-state index in [0.29, 0.717) is 0 Å². The summed E-state index contributed by atoms with van der Waals surface area (Å²) in [5.74, 6) is -1.89. The number of anilines is 1. The number of benzene rings is 1. The number of carboxylic acid groups (broad SMARTS) is 1. The average molecular weight is 291 g/mol. The molecule has 0 heterocycles. The van der Waals surface area contributed by atoms with Gasteiger partial charge in [0.15, 0.2) is 0 Å². The Morgan fingerprint density at radius 3 is 2.63 bits per heavy atom. The molecular weight excluding hydrogens is 279 g/mol. The highest BCUT2D eigenvalue weighted by Crippen LogP contribution is 2.19. The zero-order chi connectivity index (χ0) is 14.4. The topological polar surface area (TPSA) is 98.7 Å². The molecule has 0 aliphatic rings. The molecule has 2 amide bonds. The van der Waals surface area contributed by atoms with E-state index in [0.717, 1.165) is 6.07 Å². The van der Waals surface area contributed by atoms with Gasteiger partial charge < -0.3 is 20.8 Å². The molecule has 1 aromatic carbocycles. The lowest BCUT2D eigenvalue weighted by Crippen LogP contribution is -2.43. The number of carboxylic acids is 1. The van der Waals surface area contributed by atoms with Gasteiger partial charge in [0.1, 0.15) is 11.9 Å². The molecule has 0 bridgehead atoms. The average Bonchev–Trinajstić information content (AvgIpc) is 2.33. The number of halogens is 2. The maximum atomic E-state index is 12.9. The number of rotatable bonds is 5. The van der Waals surface area contributed by atoms with E-state index in [9.17, 15) is 14.0 Å². The van der Waals surface area contributed by atoms with Crippen LogP contribution in [0.3, 0.4) is 0 Å². The smallest absolute Gasteiger partial charge is 0.326 e. The molecule has 104 valence electrons. The van der Waals surface area contributed by atoms with Crippen molar-refractivity contribution in [1.29, 1.82) is 0 Å². The third-order valence-electron chi connectivity index (χ3n) is 2.20. The van der Waals surface area contributed by atoms with Crippen molar-refractivity contribution >= 4 is 29.3 Å². The van der Waals surface area contributed by atoms with Gasteiger partial charge in [0.2, 0.25) is 0 Å². The number of aliphatic hydroxyl groups excluding tert-OH is 1. The quantitative estimate of drug-likeness (QED) is 0.659. The monoisotopic (exact) mass is 290 g/mol. The number of aliphatic carboxylic acids is 1. The molecule has 0 fully saturated rings. The number of carbonyl (C=O) groups is 2. The third kappa shape index (κ3) is 4.72. The summed E-state index contributed by atoms with van der Waals surface area (Å²) >= 11 is 5.53. The maximum absolute atomic E-state index is 12.9. The van der Waals surface area contributed by atoms with Crippen LogP contribution in [0.1, 0.15) is 6.42 Å². The van der Waals surface area contributed by atoms with Crippen LogP contribution >= 0.6 is 11.6 Å². The van der Waals surface area contributed by atoms with Crippen molar-refractivity contribution in [3.63, 3.8) is 0 Å². The van der Waals surface area contributed by atoms with E-state index >= 15 is 0 Å². The van der Waals surface area contributed by atoms with Crippen LogP contribution in [0.5, 0.6) is 0 Å². The third-order valence-corrected chi connectivity index (χ3v) is 2.49. The number of carbonyl (C=O) groups excluding carboxylic acids is 1. The molecule has 19 heavy (non-hydrogen) atoms. The summed E-state index contributed by atoms with van der Waals surface area (Å²) in [7, 11) is 0. The molecule has 0 saturated carbocycles. The van der Waals surface area contributed by atoms with E-state index in [2.05, 4.69) is 10.6 Å². The van der Waals surface area contributed by atoms with E-state index in [1.807, 2.05) is 0 Å². The summed E-state index contributed by atoms with van der Waals surface area (Å²) in [6.07, 6.45) is -0.118. The number of urea groups is 1. The molecule has 0 saturated heterocycles. The maximum Gasteiger partial charge on any atom is 0.326 e.